The first-order valence-electron chi connectivity index (χ1n) is 13.7. The van der Waals surface area contributed by atoms with E-state index in [-0.39, 0.29) is 0 Å². The summed E-state index contributed by atoms with van der Waals surface area (Å²) in [7, 11) is 0. The molecule has 37 heavy (non-hydrogen) atoms. The molecule has 0 atom stereocenters. The highest BCUT2D eigenvalue weighted by Gasteiger charge is 2.11. The van der Waals surface area contributed by atoms with Gasteiger partial charge in [0.25, 0.3) is 0 Å². The summed E-state index contributed by atoms with van der Waals surface area (Å²) < 4.78 is 2.53. The summed E-state index contributed by atoms with van der Waals surface area (Å²) in [5.41, 5.74) is 10.2. The van der Waals surface area contributed by atoms with Crippen LogP contribution >= 0.6 is 0 Å². The smallest absolute Gasteiger partial charge is 0.0491 e. The molecule has 0 saturated carbocycles. The predicted octanol–water partition coefficient (Wildman–Crippen LogP) is 10.3. The second kappa shape index (κ2) is 11.5. The third-order valence-corrected chi connectivity index (χ3v) is 7.24. The van der Waals surface area contributed by atoms with Gasteiger partial charge in [-0.1, -0.05) is 122 Å². The van der Waals surface area contributed by atoms with E-state index in [1.807, 2.05) is 0 Å². The number of hydrogen-bond acceptors (Lipinski definition) is 0. The van der Waals surface area contributed by atoms with Crippen molar-refractivity contribution in [2.45, 2.75) is 53.0 Å². The number of benzene rings is 4. The Morgan fingerprint density at radius 1 is 0.514 bits per heavy atom. The lowest BCUT2D eigenvalue weighted by atomic mass is 10.0. The first-order chi connectivity index (χ1) is 18.1. The minimum absolute atomic E-state index is 1.07. The number of hydrogen-bond donors (Lipinski definition) is 0. The molecule has 0 unspecified atom stereocenters. The van der Waals surface area contributed by atoms with Crippen molar-refractivity contribution < 1.29 is 0 Å². The Labute approximate surface area is 221 Å². The zero-order valence-electron chi connectivity index (χ0n) is 22.4. The van der Waals surface area contributed by atoms with E-state index in [2.05, 4.69) is 135 Å². The molecule has 0 N–H and O–H groups in total. The fraction of sp³-hybridized carbons (Fsp3) is 0.222. The fourth-order valence-electron chi connectivity index (χ4n) is 5.02. The van der Waals surface area contributed by atoms with Crippen LogP contribution in [0.25, 0.3) is 46.1 Å². The number of fused-ring (bicyclic) bond motifs is 3. The third kappa shape index (κ3) is 5.94. The highest BCUT2D eigenvalue weighted by atomic mass is 15.0. The van der Waals surface area contributed by atoms with E-state index in [1.165, 1.54) is 80.9 Å². The second-order valence-corrected chi connectivity index (χ2v) is 10.3. The summed E-state index contributed by atoms with van der Waals surface area (Å²) >= 11 is 0. The van der Waals surface area contributed by atoms with Crippen molar-refractivity contribution in [3.63, 3.8) is 0 Å². The lowest BCUT2D eigenvalue weighted by Crippen LogP contribution is -1.97. The minimum Gasteiger partial charge on any atom is -0.340 e. The van der Waals surface area contributed by atoms with Crippen LogP contribution in [-0.2, 0) is 6.54 Å². The lowest BCUT2D eigenvalue weighted by Gasteiger charge is -2.07. The van der Waals surface area contributed by atoms with Gasteiger partial charge in [-0.2, -0.15) is 0 Å². The molecule has 1 heterocycles. The van der Waals surface area contributed by atoms with Crippen LogP contribution in [0.3, 0.4) is 0 Å². The molecule has 0 amide bonds. The second-order valence-electron chi connectivity index (χ2n) is 10.3. The van der Waals surface area contributed by atoms with Gasteiger partial charge < -0.3 is 4.57 Å². The Kier molecular flexibility index (Phi) is 7.70. The summed E-state index contributed by atoms with van der Waals surface area (Å²) in [5.74, 6) is 0. The Morgan fingerprint density at radius 2 is 0.946 bits per heavy atom. The van der Waals surface area contributed by atoms with Crippen molar-refractivity contribution in [2.24, 2.45) is 0 Å². The first-order valence-corrected chi connectivity index (χ1v) is 13.7. The van der Waals surface area contributed by atoms with Gasteiger partial charge in [0, 0.05) is 28.4 Å². The molecule has 1 aromatic heterocycles. The molecule has 0 saturated heterocycles. The van der Waals surface area contributed by atoms with Crippen molar-refractivity contribution in [3.8, 4) is 0 Å². The van der Waals surface area contributed by atoms with Gasteiger partial charge in [-0.25, -0.2) is 0 Å². The van der Waals surface area contributed by atoms with E-state index >= 15 is 0 Å². The van der Waals surface area contributed by atoms with E-state index in [9.17, 15) is 0 Å². The van der Waals surface area contributed by atoms with Crippen LogP contribution in [0.15, 0.2) is 84.9 Å². The SMILES string of the molecule is CCCCCCn1c2ccc(/C=C/c3ccc(C)cc3)cc2c2cc(/C=C/c3ccc(C)cc3)ccc21. The van der Waals surface area contributed by atoms with Gasteiger partial charge in [0.1, 0.15) is 0 Å². The number of unbranched alkanes of at least 4 members (excludes halogenated alkanes) is 3. The summed E-state index contributed by atoms with van der Waals surface area (Å²) in [4.78, 5) is 0. The molecule has 0 aliphatic rings. The van der Waals surface area contributed by atoms with Gasteiger partial charge in [-0.3, -0.25) is 0 Å². The first kappa shape index (κ1) is 24.8. The molecule has 0 radical (unpaired) electrons. The average Bonchev–Trinajstić information content (AvgIpc) is 3.22. The molecule has 0 spiro atoms. The largest absolute Gasteiger partial charge is 0.340 e. The standard InChI is InChI=1S/C36H37N/c1-4-5-6-7-24-37-35-22-20-31(18-16-29-12-8-27(2)9-13-29)25-33(35)34-26-32(21-23-36(34)37)19-17-30-14-10-28(3)11-15-30/h8-23,25-26H,4-7,24H2,1-3H3/b18-16+,19-17+. The van der Waals surface area contributed by atoms with Crippen molar-refractivity contribution in [3.05, 3.63) is 118 Å². The molecule has 1 nitrogen and oxygen atoms in total. The number of aromatic nitrogens is 1. The summed E-state index contributed by atoms with van der Waals surface area (Å²) in [6.07, 6.45) is 14.0. The molecule has 0 aliphatic carbocycles. The summed E-state index contributed by atoms with van der Waals surface area (Å²) in [5, 5.41) is 2.67. The Hall–Kier alpha value is -3.84. The molecule has 5 rings (SSSR count). The molecule has 0 fully saturated rings. The average molecular weight is 484 g/mol. The van der Waals surface area contributed by atoms with E-state index in [0.717, 1.165) is 6.54 Å². The monoisotopic (exact) mass is 483 g/mol. The topological polar surface area (TPSA) is 4.93 Å². The Balaban J connectivity index is 1.53. The quantitative estimate of drug-likeness (QED) is 0.145. The van der Waals surface area contributed by atoms with Crippen LogP contribution in [0.5, 0.6) is 0 Å². The van der Waals surface area contributed by atoms with Crippen molar-refractivity contribution >= 4 is 46.1 Å². The molecular formula is C36H37N. The van der Waals surface area contributed by atoms with Crippen LogP contribution in [0, 0.1) is 13.8 Å². The predicted molar refractivity (Wildman–Crippen MR) is 164 cm³/mol. The van der Waals surface area contributed by atoms with Gasteiger partial charge >= 0.3 is 0 Å². The highest BCUT2D eigenvalue weighted by molar-refractivity contribution is 6.09. The zero-order chi connectivity index (χ0) is 25.6. The zero-order valence-corrected chi connectivity index (χ0v) is 22.4. The van der Waals surface area contributed by atoms with Gasteiger partial charge in [-0.15, -0.1) is 0 Å². The van der Waals surface area contributed by atoms with Crippen molar-refractivity contribution in [1.82, 2.24) is 4.57 Å². The molecular weight excluding hydrogens is 446 g/mol. The van der Waals surface area contributed by atoms with E-state index in [1.54, 1.807) is 0 Å². The molecule has 0 aliphatic heterocycles. The van der Waals surface area contributed by atoms with Crippen LogP contribution < -0.4 is 0 Å². The Bertz CT molecular complexity index is 1430. The van der Waals surface area contributed by atoms with Crippen LogP contribution in [0.4, 0.5) is 0 Å². The van der Waals surface area contributed by atoms with E-state index in [0.29, 0.717) is 0 Å². The molecule has 0 bridgehead atoms. The maximum Gasteiger partial charge on any atom is 0.0491 e. The fourth-order valence-corrected chi connectivity index (χ4v) is 5.02. The minimum atomic E-state index is 1.07. The lowest BCUT2D eigenvalue weighted by molar-refractivity contribution is 0.602. The van der Waals surface area contributed by atoms with Crippen LogP contribution in [0.1, 0.15) is 66.0 Å². The van der Waals surface area contributed by atoms with Crippen LogP contribution in [-0.4, -0.2) is 4.57 Å². The van der Waals surface area contributed by atoms with E-state index in [4.69, 9.17) is 0 Å². The van der Waals surface area contributed by atoms with Crippen LogP contribution in [0.2, 0.25) is 0 Å². The molecule has 1 heteroatoms. The number of aryl methyl sites for hydroxylation is 3. The van der Waals surface area contributed by atoms with Gasteiger partial charge in [0.2, 0.25) is 0 Å². The summed E-state index contributed by atoms with van der Waals surface area (Å²) in [6.45, 7) is 7.60. The normalized spacial score (nSPS) is 12.0. The van der Waals surface area contributed by atoms with E-state index < -0.39 is 0 Å². The number of rotatable bonds is 9. The highest BCUT2D eigenvalue weighted by Crippen LogP contribution is 2.32. The maximum atomic E-state index is 2.53. The van der Waals surface area contributed by atoms with Gasteiger partial charge in [-0.05, 0) is 66.8 Å². The number of nitrogens with zero attached hydrogens (tertiary/aromatic N) is 1. The molecule has 186 valence electrons. The Morgan fingerprint density at radius 3 is 1.41 bits per heavy atom. The maximum absolute atomic E-state index is 2.53. The molecule has 5 aromatic rings. The van der Waals surface area contributed by atoms with Crippen molar-refractivity contribution in [2.75, 3.05) is 0 Å². The summed E-state index contributed by atoms with van der Waals surface area (Å²) in [6, 6.07) is 31.2. The molecule has 4 aromatic carbocycles. The van der Waals surface area contributed by atoms with Gasteiger partial charge in [0.15, 0.2) is 0 Å². The van der Waals surface area contributed by atoms with Gasteiger partial charge in [0.05, 0.1) is 0 Å². The third-order valence-electron chi connectivity index (χ3n) is 7.24. The van der Waals surface area contributed by atoms with Crippen molar-refractivity contribution in [1.29, 1.82) is 0 Å².